The van der Waals surface area contributed by atoms with E-state index in [4.69, 9.17) is 4.74 Å². The number of aromatic nitrogens is 1. The van der Waals surface area contributed by atoms with E-state index in [9.17, 15) is 0 Å². The van der Waals surface area contributed by atoms with E-state index in [1.807, 2.05) is 7.05 Å². The molecule has 1 N–H and O–H groups in total. The number of aryl methyl sites for hydroxylation is 2. The minimum Gasteiger partial charge on any atom is -0.487 e. The molecule has 0 aliphatic heterocycles. The van der Waals surface area contributed by atoms with Crippen molar-refractivity contribution in [1.29, 1.82) is 0 Å². The lowest BCUT2D eigenvalue weighted by Crippen LogP contribution is -2.14. The summed E-state index contributed by atoms with van der Waals surface area (Å²) in [4.78, 5) is 4.61. The molecule has 2 rings (SSSR count). The van der Waals surface area contributed by atoms with Crippen LogP contribution in [0.5, 0.6) is 5.75 Å². The summed E-state index contributed by atoms with van der Waals surface area (Å²) in [5.41, 5.74) is 3.42. The highest BCUT2D eigenvalue weighted by Crippen LogP contribution is 2.27. The highest BCUT2D eigenvalue weighted by atomic mass is 32.1. The van der Waals surface area contributed by atoms with Gasteiger partial charge in [0.25, 0.3) is 0 Å². The number of nitrogens with zero attached hydrogens (tertiary/aromatic N) is 1. The molecule has 0 radical (unpaired) electrons. The molecular formula is C17H24N2OS. The Morgan fingerprint density at radius 3 is 2.90 bits per heavy atom. The van der Waals surface area contributed by atoms with Crippen LogP contribution in [0.25, 0.3) is 0 Å². The largest absolute Gasteiger partial charge is 0.487 e. The quantitative estimate of drug-likeness (QED) is 0.829. The molecule has 1 unspecified atom stereocenters. The molecular weight excluding hydrogens is 280 g/mol. The Hall–Kier alpha value is -1.39. The second kappa shape index (κ2) is 7.57. The van der Waals surface area contributed by atoms with Crippen molar-refractivity contribution >= 4 is 11.3 Å². The van der Waals surface area contributed by atoms with Gasteiger partial charge in [0.1, 0.15) is 12.4 Å². The molecule has 4 heteroatoms. The van der Waals surface area contributed by atoms with E-state index in [1.165, 1.54) is 16.1 Å². The second-order valence-electron chi connectivity index (χ2n) is 5.32. The van der Waals surface area contributed by atoms with E-state index < -0.39 is 0 Å². The van der Waals surface area contributed by atoms with Crippen molar-refractivity contribution in [2.75, 3.05) is 7.05 Å². The number of rotatable bonds is 7. The summed E-state index contributed by atoms with van der Waals surface area (Å²) in [5.74, 6) is 0.946. The minimum atomic E-state index is 0.270. The molecule has 0 aliphatic rings. The van der Waals surface area contributed by atoms with Crippen LogP contribution in [0, 0.1) is 6.92 Å². The number of hydrogen-bond acceptors (Lipinski definition) is 4. The molecule has 0 saturated carbocycles. The molecule has 2 aromatic rings. The van der Waals surface area contributed by atoms with Gasteiger partial charge in [-0.05, 0) is 45.4 Å². The van der Waals surface area contributed by atoms with Gasteiger partial charge in [-0.3, -0.25) is 0 Å². The first kappa shape index (κ1) is 16.0. The molecule has 0 spiro atoms. The lowest BCUT2D eigenvalue weighted by Gasteiger charge is -2.16. The third-order valence-electron chi connectivity index (χ3n) is 3.51. The zero-order valence-electron chi connectivity index (χ0n) is 13.3. The number of benzene rings is 1. The molecule has 1 heterocycles. The van der Waals surface area contributed by atoms with E-state index in [1.54, 1.807) is 11.3 Å². The molecule has 0 amide bonds. The first-order valence-electron chi connectivity index (χ1n) is 7.48. The lowest BCUT2D eigenvalue weighted by atomic mass is 10.1. The van der Waals surface area contributed by atoms with Crippen LogP contribution in [-0.2, 0) is 13.0 Å². The van der Waals surface area contributed by atoms with Gasteiger partial charge in [-0.2, -0.15) is 0 Å². The molecule has 21 heavy (non-hydrogen) atoms. The van der Waals surface area contributed by atoms with Gasteiger partial charge in [-0.25, -0.2) is 4.98 Å². The number of ether oxygens (including phenoxy) is 1. The molecule has 0 bridgehead atoms. The summed E-state index contributed by atoms with van der Waals surface area (Å²) in [6.45, 7) is 6.94. The van der Waals surface area contributed by atoms with Crippen LogP contribution in [0.15, 0.2) is 23.6 Å². The number of hydrogen-bond donors (Lipinski definition) is 1. The summed E-state index contributed by atoms with van der Waals surface area (Å²) < 4.78 is 6.02. The maximum atomic E-state index is 6.02. The maximum absolute atomic E-state index is 6.02. The molecule has 114 valence electrons. The predicted octanol–water partition coefficient (Wildman–Crippen LogP) is 4.26. The molecule has 1 aromatic carbocycles. The summed E-state index contributed by atoms with van der Waals surface area (Å²) >= 11 is 1.72. The SMILES string of the molecule is CCCc1nc(COc2cc(C)ccc2C(C)NC)cs1. The zero-order valence-corrected chi connectivity index (χ0v) is 14.1. The van der Waals surface area contributed by atoms with E-state index in [0.717, 1.165) is 24.3 Å². The first-order chi connectivity index (χ1) is 10.1. The fraction of sp³-hybridized carbons (Fsp3) is 0.471. The smallest absolute Gasteiger partial charge is 0.131 e. The predicted molar refractivity (Wildman–Crippen MR) is 89.1 cm³/mol. The van der Waals surface area contributed by atoms with E-state index in [2.05, 4.69) is 54.7 Å². The monoisotopic (exact) mass is 304 g/mol. The van der Waals surface area contributed by atoms with E-state index in [-0.39, 0.29) is 6.04 Å². The molecule has 3 nitrogen and oxygen atoms in total. The maximum Gasteiger partial charge on any atom is 0.131 e. The van der Waals surface area contributed by atoms with Gasteiger partial charge in [0, 0.05) is 17.0 Å². The zero-order chi connectivity index (χ0) is 15.2. The minimum absolute atomic E-state index is 0.270. The van der Waals surface area contributed by atoms with Gasteiger partial charge in [-0.1, -0.05) is 19.1 Å². The lowest BCUT2D eigenvalue weighted by molar-refractivity contribution is 0.296. The van der Waals surface area contributed by atoms with Crippen LogP contribution in [0.4, 0.5) is 0 Å². The Bertz CT molecular complexity index is 580. The Kier molecular flexibility index (Phi) is 5.76. The van der Waals surface area contributed by atoms with Gasteiger partial charge >= 0.3 is 0 Å². The third kappa shape index (κ3) is 4.29. The van der Waals surface area contributed by atoms with Gasteiger partial charge in [0.2, 0.25) is 0 Å². The summed E-state index contributed by atoms with van der Waals surface area (Å²) in [7, 11) is 1.96. The molecule has 1 atom stereocenters. The Morgan fingerprint density at radius 2 is 2.19 bits per heavy atom. The van der Waals surface area contributed by atoms with E-state index >= 15 is 0 Å². The van der Waals surface area contributed by atoms with Gasteiger partial charge in [0.05, 0.1) is 10.7 Å². The Balaban J connectivity index is 2.09. The van der Waals surface area contributed by atoms with Gasteiger partial charge in [-0.15, -0.1) is 11.3 Å². The topological polar surface area (TPSA) is 34.1 Å². The van der Waals surface area contributed by atoms with Crippen LogP contribution in [0.2, 0.25) is 0 Å². The normalized spacial score (nSPS) is 12.4. The molecule has 0 saturated heterocycles. The third-order valence-corrected chi connectivity index (χ3v) is 4.46. The average molecular weight is 304 g/mol. The van der Waals surface area contributed by atoms with Gasteiger partial charge < -0.3 is 10.1 Å². The second-order valence-corrected chi connectivity index (χ2v) is 6.27. The number of thiazole rings is 1. The number of nitrogens with one attached hydrogen (secondary N) is 1. The fourth-order valence-electron chi connectivity index (χ4n) is 2.18. The van der Waals surface area contributed by atoms with Crippen LogP contribution in [0.1, 0.15) is 48.1 Å². The van der Waals surface area contributed by atoms with Gasteiger partial charge in [0.15, 0.2) is 0 Å². The standard InChI is InChI=1S/C17H24N2OS/c1-5-6-17-19-14(11-21-17)10-20-16-9-12(2)7-8-15(16)13(3)18-4/h7-9,11,13,18H,5-6,10H2,1-4H3. The fourth-order valence-corrected chi connectivity index (χ4v) is 3.06. The van der Waals surface area contributed by atoms with Crippen LogP contribution in [0.3, 0.4) is 0 Å². The van der Waals surface area contributed by atoms with E-state index in [0.29, 0.717) is 6.61 Å². The molecule has 0 fully saturated rings. The van der Waals surface area contributed by atoms with Crippen LogP contribution < -0.4 is 10.1 Å². The summed E-state index contributed by atoms with van der Waals surface area (Å²) in [6.07, 6.45) is 2.19. The average Bonchev–Trinajstić information content (AvgIpc) is 2.92. The molecule has 1 aromatic heterocycles. The van der Waals surface area contributed by atoms with Crippen molar-refractivity contribution in [3.05, 3.63) is 45.4 Å². The van der Waals surface area contributed by atoms with Crippen molar-refractivity contribution in [3.8, 4) is 5.75 Å². The highest BCUT2D eigenvalue weighted by molar-refractivity contribution is 7.09. The van der Waals surface area contributed by atoms with Crippen molar-refractivity contribution in [1.82, 2.24) is 10.3 Å². The molecule has 0 aliphatic carbocycles. The van der Waals surface area contributed by atoms with Crippen molar-refractivity contribution < 1.29 is 4.74 Å². The Morgan fingerprint density at radius 1 is 1.38 bits per heavy atom. The van der Waals surface area contributed by atoms with Crippen molar-refractivity contribution in [2.45, 2.75) is 46.3 Å². The van der Waals surface area contributed by atoms with Crippen molar-refractivity contribution in [2.24, 2.45) is 0 Å². The summed E-state index contributed by atoms with van der Waals surface area (Å²) in [6, 6.07) is 6.63. The first-order valence-corrected chi connectivity index (χ1v) is 8.36. The highest BCUT2D eigenvalue weighted by Gasteiger charge is 2.11. The van der Waals surface area contributed by atoms with Crippen LogP contribution in [-0.4, -0.2) is 12.0 Å². The Labute approximate surface area is 131 Å². The van der Waals surface area contributed by atoms with Crippen LogP contribution >= 0.6 is 11.3 Å². The summed E-state index contributed by atoms with van der Waals surface area (Å²) in [5, 5.41) is 6.56. The van der Waals surface area contributed by atoms with Crippen molar-refractivity contribution in [3.63, 3.8) is 0 Å².